The number of aliphatic hydroxyl groups excluding tert-OH is 1. The number of aldehydes is 1. The molecule has 54 heavy (non-hydrogen) atoms. The van der Waals surface area contributed by atoms with E-state index in [0.717, 1.165) is 103 Å². The Hall–Kier alpha value is -2.57. The fourth-order valence-electron chi connectivity index (χ4n) is 9.22. The van der Waals surface area contributed by atoms with Crippen LogP contribution in [0.1, 0.15) is 167 Å². The molecule has 0 bridgehead atoms. The van der Waals surface area contributed by atoms with E-state index in [0.29, 0.717) is 64.2 Å². The lowest BCUT2D eigenvalue weighted by Crippen LogP contribution is -2.53. The van der Waals surface area contributed by atoms with E-state index in [2.05, 4.69) is 0 Å². The highest BCUT2D eigenvalue weighted by Crippen LogP contribution is 2.35. The summed E-state index contributed by atoms with van der Waals surface area (Å²) in [5, 5.41) is 24.4. The van der Waals surface area contributed by atoms with Crippen LogP contribution in [0.5, 0.6) is 0 Å². The van der Waals surface area contributed by atoms with Gasteiger partial charge in [0.15, 0.2) is 12.4 Å². The van der Waals surface area contributed by atoms with Crippen molar-refractivity contribution in [1.82, 2.24) is 0 Å². The quantitative estimate of drug-likeness (QED) is 0.0707. The van der Waals surface area contributed by atoms with Gasteiger partial charge in [-0.3, -0.25) is 19.2 Å². The Morgan fingerprint density at radius 1 is 0.593 bits per heavy atom. The first-order chi connectivity index (χ1) is 26.1. The van der Waals surface area contributed by atoms with Crippen LogP contribution < -0.4 is 0 Å². The maximum Gasteiger partial charge on any atom is 0.311 e. The normalized spacial score (nSPS) is 24.9. The van der Waals surface area contributed by atoms with Crippen molar-refractivity contribution in [1.29, 1.82) is 0 Å². The van der Waals surface area contributed by atoms with Gasteiger partial charge in [0.1, 0.15) is 31.0 Å². The third-order valence-electron chi connectivity index (χ3n) is 12.8. The van der Waals surface area contributed by atoms with E-state index < -0.39 is 85.0 Å². The van der Waals surface area contributed by atoms with E-state index in [1.54, 1.807) is 0 Å². The minimum atomic E-state index is -2.42. The summed E-state index contributed by atoms with van der Waals surface area (Å²) in [4.78, 5) is 66.5. The number of carbonyl (C=O) groups is 5. The lowest BCUT2D eigenvalue weighted by Gasteiger charge is -2.39. The summed E-state index contributed by atoms with van der Waals surface area (Å²) in [5.41, 5.74) is -1.18. The van der Waals surface area contributed by atoms with Crippen LogP contribution in [-0.4, -0.2) is 83.3 Å². The molecule has 0 aliphatic heterocycles. The summed E-state index contributed by atoms with van der Waals surface area (Å²) in [6.07, 6.45) is 14.8. The van der Waals surface area contributed by atoms with E-state index in [4.69, 9.17) is 23.7 Å². The van der Waals surface area contributed by atoms with Gasteiger partial charge in [-0.1, -0.05) is 96.3 Å². The van der Waals surface area contributed by atoms with E-state index >= 15 is 0 Å². The zero-order valence-corrected chi connectivity index (χ0v) is 32.4. The van der Waals surface area contributed by atoms with Crippen molar-refractivity contribution < 1.29 is 57.9 Å². The van der Waals surface area contributed by atoms with E-state index in [1.807, 2.05) is 0 Å². The van der Waals surface area contributed by atoms with Crippen LogP contribution in [-0.2, 0) is 47.7 Å². The molecule has 0 aromatic heterocycles. The summed E-state index contributed by atoms with van der Waals surface area (Å²) in [6, 6.07) is 0. The van der Waals surface area contributed by atoms with E-state index in [-0.39, 0.29) is 11.8 Å². The Kier molecular flexibility index (Phi) is 16.6. The zero-order valence-electron chi connectivity index (χ0n) is 32.4. The molecule has 0 saturated heterocycles. The van der Waals surface area contributed by atoms with Crippen LogP contribution in [0.2, 0.25) is 0 Å². The number of hydrogen-bond donors (Lipinski definition) is 2. The predicted molar refractivity (Wildman–Crippen MR) is 197 cm³/mol. The molecule has 0 aromatic rings. The van der Waals surface area contributed by atoms with Crippen LogP contribution in [0.15, 0.2) is 0 Å². The van der Waals surface area contributed by atoms with Gasteiger partial charge in [0.05, 0.1) is 30.1 Å². The van der Waals surface area contributed by atoms with Crippen molar-refractivity contribution in [3.63, 3.8) is 0 Å². The van der Waals surface area contributed by atoms with Crippen LogP contribution in [0.25, 0.3) is 0 Å². The molecular formula is C42H66O12. The lowest BCUT2D eigenvalue weighted by molar-refractivity contribution is -0.262. The average Bonchev–Trinajstić information content (AvgIpc) is 3.22. The molecule has 5 fully saturated rings. The second-order valence-corrected chi connectivity index (χ2v) is 17.0. The second-order valence-electron chi connectivity index (χ2n) is 17.0. The van der Waals surface area contributed by atoms with Crippen molar-refractivity contribution in [3.8, 4) is 0 Å². The number of ether oxygens (including phenoxy) is 5. The van der Waals surface area contributed by atoms with Crippen LogP contribution in [0, 0.1) is 23.7 Å². The molecule has 4 atom stereocenters. The smallest absolute Gasteiger partial charge is 0.311 e. The molecule has 5 saturated carbocycles. The van der Waals surface area contributed by atoms with Gasteiger partial charge in [-0.2, -0.15) is 0 Å². The van der Waals surface area contributed by atoms with E-state index in [9.17, 15) is 34.2 Å². The Morgan fingerprint density at radius 2 is 1.00 bits per heavy atom. The van der Waals surface area contributed by atoms with Crippen molar-refractivity contribution in [3.05, 3.63) is 0 Å². The van der Waals surface area contributed by atoms with Gasteiger partial charge in [-0.05, 0) is 64.2 Å². The highest BCUT2D eigenvalue weighted by molar-refractivity contribution is 5.74. The van der Waals surface area contributed by atoms with Crippen LogP contribution in [0.3, 0.4) is 0 Å². The molecule has 5 rings (SSSR count). The molecule has 0 aromatic carbocycles. The molecule has 5 aliphatic rings. The maximum absolute atomic E-state index is 13.7. The second kappa shape index (κ2) is 21.1. The average molecular weight is 763 g/mol. The summed E-state index contributed by atoms with van der Waals surface area (Å²) < 4.78 is 29.8. The van der Waals surface area contributed by atoms with Crippen molar-refractivity contribution in [2.24, 2.45) is 23.7 Å². The Labute approximate surface area is 321 Å². The Bertz CT molecular complexity index is 1210. The van der Waals surface area contributed by atoms with Gasteiger partial charge in [-0.25, -0.2) is 0 Å². The SMILES string of the molecule is O=CC1(OCC(O)(CC(OC(=O)C2CCCCC2)C(O)C(COC(=O)C2CCCCC2)OC(=O)C2CCCCC2)OC(=O)C2CCCCC2)CCCCC1. The molecule has 0 radical (unpaired) electrons. The monoisotopic (exact) mass is 762 g/mol. The first kappa shape index (κ1) is 42.6. The highest BCUT2D eigenvalue weighted by Gasteiger charge is 2.47. The fraction of sp³-hybridized carbons (Fsp3) is 0.881. The maximum atomic E-state index is 13.7. The zero-order chi connectivity index (χ0) is 38.4. The molecule has 12 heteroatoms. The van der Waals surface area contributed by atoms with Crippen molar-refractivity contribution in [2.45, 2.75) is 197 Å². The first-order valence-electron chi connectivity index (χ1n) is 21.4. The number of carbonyl (C=O) groups excluding carboxylic acids is 5. The largest absolute Gasteiger partial charge is 0.461 e. The summed E-state index contributed by atoms with van der Waals surface area (Å²) in [5.74, 6) is -6.15. The molecule has 0 amide bonds. The van der Waals surface area contributed by atoms with Crippen LogP contribution in [0.4, 0.5) is 0 Å². The minimum Gasteiger partial charge on any atom is -0.461 e. The fourth-order valence-corrected chi connectivity index (χ4v) is 9.22. The number of aliphatic hydroxyl groups is 2. The van der Waals surface area contributed by atoms with Crippen molar-refractivity contribution >= 4 is 30.2 Å². The molecule has 2 N–H and O–H groups in total. The molecule has 5 aliphatic carbocycles. The molecule has 4 unspecified atom stereocenters. The van der Waals surface area contributed by atoms with Gasteiger partial charge in [0, 0.05) is 0 Å². The minimum absolute atomic E-state index is 0.295. The Balaban J connectivity index is 1.42. The highest BCUT2D eigenvalue weighted by atomic mass is 16.7. The standard InChI is InChI=1S/C42H66O12/c43-28-41(24-14-5-15-25-41)51-29-42(49,54-40(48)33-22-12-4-13-23-33)26-34(52-38(46)31-18-8-2-9-19-31)36(44)35(53-39(47)32-20-10-3-11-21-32)27-50-37(45)30-16-6-1-7-17-30/h28,30-36,44,49H,1-27,29H2. The topological polar surface area (TPSA) is 172 Å². The Morgan fingerprint density at radius 3 is 1.46 bits per heavy atom. The van der Waals surface area contributed by atoms with Gasteiger partial charge < -0.3 is 38.7 Å². The molecule has 0 spiro atoms. The van der Waals surface area contributed by atoms with Crippen molar-refractivity contribution in [2.75, 3.05) is 13.2 Å². The lowest BCUT2D eigenvalue weighted by atomic mass is 9.85. The number of rotatable bonds is 17. The molecular weight excluding hydrogens is 696 g/mol. The first-order valence-corrected chi connectivity index (χ1v) is 21.4. The van der Waals surface area contributed by atoms with Gasteiger partial charge >= 0.3 is 23.9 Å². The third-order valence-corrected chi connectivity index (χ3v) is 12.8. The predicted octanol–water partition coefficient (Wildman–Crippen LogP) is 6.58. The van der Waals surface area contributed by atoms with Gasteiger partial charge in [-0.15, -0.1) is 0 Å². The van der Waals surface area contributed by atoms with E-state index in [1.165, 1.54) is 0 Å². The number of esters is 4. The number of hydrogen-bond acceptors (Lipinski definition) is 12. The molecule has 0 heterocycles. The van der Waals surface area contributed by atoms with Gasteiger partial charge in [0.25, 0.3) is 0 Å². The summed E-state index contributed by atoms with van der Waals surface area (Å²) in [6.45, 7) is -1.07. The van der Waals surface area contributed by atoms with Crippen LogP contribution >= 0.6 is 0 Å². The molecule has 12 nitrogen and oxygen atoms in total. The third kappa shape index (κ3) is 12.5. The summed E-state index contributed by atoms with van der Waals surface area (Å²) >= 11 is 0. The summed E-state index contributed by atoms with van der Waals surface area (Å²) in [7, 11) is 0. The molecule has 306 valence electrons. The van der Waals surface area contributed by atoms with Gasteiger partial charge in [0.2, 0.25) is 5.79 Å².